The van der Waals surface area contributed by atoms with Crippen LogP contribution in [0.4, 0.5) is 4.79 Å². The van der Waals surface area contributed by atoms with Gasteiger partial charge in [0.15, 0.2) is 5.06 Å². The highest BCUT2D eigenvalue weighted by molar-refractivity contribution is 7.12. The maximum Gasteiger partial charge on any atom is 0.512 e. The first-order valence-electron chi connectivity index (χ1n) is 4.99. The van der Waals surface area contributed by atoms with E-state index in [1.165, 1.54) is 11.3 Å². The SMILES string of the molecule is NCc1ccccc1-c1ccsc1OC(=O)O. The summed E-state index contributed by atoms with van der Waals surface area (Å²) in [7, 11) is 0. The number of carboxylic acid groups (broad SMARTS) is 1. The number of hydrogen-bond acceptors (Lipinski definition) is 4. The Hall–Kier alpha value is -1.85. The Kier molecular flexibility index (Phi) is 3.41. The van der Waals surface area contributed by atoms with Gasteiger partial charge in [0.2, 0.25) is 0 Å². The third-order valence-electron chi connectivity index (χ3n) is 2.34. The van der Waals surface area contributed by atoms with Crippen molar-refractivity contribution >= 4 is 17.5 Å². The second-order valence-electron chi connectivity index (χ2n) is 3.35. The molecule has 0 bridgehead atoms. The predicted octanol–water partition coefficient (Wildman–Crippen LogP) is 2.93. The molecule has 0 fully saturated rings. The highest BCUT2D eigenvalue weighted by atomic mass is 32.1. The summed E-state index contributed by atoms with van der Waals surface area (Å²) < 4.78 is 4.73. The molecule has 88 valence electrons. The summed E-state index contributed by atoms with van der Waals surface area (Å²) in [6.07, 6.45) is -1.31. The lowest BCUT2D eigenvalue weighted by Crippen LogP contribution is -2.03. The summed E-state index contributed by atoms with van der Waals surface area (Å²) in [4.78, 5) is 10.6. The van der Waals surface area contributed by atoms with Gasteiger partial charge in [-0.2, -0.15) is 0 Å². The van der Waals surface area contributed by atoms with Crippen LogP contribution in [0.25, 0.3) is 11.1 Å². The highest BCUT2D eigenvalue weighted by Gasteiger charge is 2.13. The molecule has 2 rings (SSSR count). The van der Waals surface area contributed by atoms with Crippen molar-refractivity contribution in [1.82, 2.24) is 0 Å². The quantitative estimate of drug-likeness (QED) is 0.820. The van der Waals surface area contributed by atoms with Crippen LogP contribution in [-0.4, -0.2) is 11.3 Å². The molecule has 0 unspecified atom stereocenters. The minimum Gasteiger partial charge on any atom is -0.449 e. The van der Waals surface area contributed by atoms with Crippen LogP contribution >= 0.6 is 11.3 Å². The Bertz CT molecular complexity index is 536. The molecule has 4 nitrogen and oxygen atoms in total. The van der Waals surface area contributed by atoms with Crippen LogP contribution in [0.5, 0.6) is 5.06 Å². The standard InChI is InChI=1S/C12H11NO3S/c13-7-8-3-1-2-4-9(8)10-5-6-17-11(10)16-12(14)15/h1-6H,7,13H2,(H,14,15). The Morgan fingerprint density at radius 1 is 1.29 bits per heavy atom. The van der Waals surface area contributed by atoms with E-state index in [-0.39, 0.29) is 0 Å². The summed E-state index contributed by atoms with van der Waals surface area (Å²) in [5.41, 5.74) is 8.29. The summed E-state index contributed by atoms with van der Waals surface area (Å²) in [5.74, 6) is 0. The van der Waals surface area contributed by atoms with Gasteiger partial charge in [-0.25, -0.2) is 4.79 Å². The zero-order valence-electron chi connectivity index (χ0n) is 8.92. The fourth-order valence-electron chi connectivity index (χ4n) is 1.61. The summed E-state index contributed by atoms with van der Waals surface area (Å²) in [6.45, 7) is 0.401. The molecule has 1 heterocycles. The number of nitrogens with two attached hydrogens (primary N) is 1. The molecule has 0 saturated heterocycles. The van der Waals surface area contributed by atoms with Crippen LogP contribution in [0.15, 0.2) is 35.7 Å². The average Bonchev–Trinajstić information content (AvgIpc) is 2.76. The number of carbonyl (C=O) groups is 1. The van der Waals surface area contributed by atoms with Gasteiger partial charge in [0.25, 0.3) is 0 Å². The first-order valence-corrected chi connectivity index (χ1v) is 5.87. The van der Waals surface area contributed by atoms with Crippen LogP contribution in [0.3, 0.4) is 0 Å². The summed E-state index contributed by atoms with van der Waals surface area (Å²) >= 11 is 1.25. The monoisotopic (exact) mass is 249 g/mol. The molecule has 0 aliphatic carbocycles. The van der Waals surface area contributed by atoms with E-state index >= 15 is 0 Å². The topological polar surface area (TPSA) is 72.5 Å². The van der Waals surface area contributed by atoms with Crippen LogP contribution in [0.1, 0.15) is 5.56 Å². The van der Waals surface area contributed by atoms with E-state index in [1.807, 2.05) is 30.3 Å². The number of benzene rings is 1. The van der Waals surface area contributed by atoms with Crippen LogP contribution in [0, 0.1) is 0 Å². The molecule has 5 heteroatoms. The van der Waals surface area contributed by atoms with Crippen molar-refractivity contribution in [3.8, 4) is 16.2 Å². The van der Waals surface area contributed by atoms with Crippen LogP contribution < -0.4 is 10.5 Å². The van der Waals surface area contributed by atoms with Crippen molar-refractivity contribution in [1.29, 1.82) is 0 Å². The first kappa shape index (κ1) is 11.6. The fourth-order valence-corrected chi connectivity index (χ4v) is 2.37. The van der Waals surface area contributed by atoms with Gasteiger partial charge in [-0.05, 0) is 22.6 Å². The van der Waals surface area contributed by atoms with Crippen LogP contribution in [0.2, 0.25) is 0 Å². The lowest BCUT2D eigenvalue weighted by atomic mass is 10.0. The molecule has 1 aromatic heterocycles. The van der Waals surface area contributed by atoms with E-state index in [4.69, 9.17) is 15.6 Å². The second-order valence-corrected chi connectivity index (χ2v) is 4.23. The third kappa shape index (κ3) is 2.46. The van der Waals surface area contributed by atoms with E-state index in [0.717, 1.165) is 16.7 Å². The Balaban J connectivity index is 2.46. The van der Waals surface area contributed by atoms with Gasteiger partial charge in [-0.1, -0.05) is 24.3 Å². The molecule has 0 radical (unpaired) electrons. The van der Waals surface area contributed by atoms with E-state index in [2.05, 4.69) is 0 Å². The van der Waals surface area contributed by atoms with Gasteiger partial charge in [-0.3, -0.25) is 0 Å². The highest BCUT2D eigenvalue weighted by Crippen LogP contribution is 2.37. The first-order chi connectivity index (χ1) is 8.22. The molecular formula is C12H11NO3S. The van der Waals surface area contributed by atoms with Gasteiger partial charge in [-0.15, -0.1) is 11.3 Å². The van der Waals surface area contributed by atoms with Gasteiger partial charge >= 0.3 is 6.16 Å². The van der Waals surface area contributed by atoms with Gasteiger partial charge in [0.1, 0.15) is 0 Å². The fraction of sp³-hybridized carbons (Fsp3) is 0.0833. The molecular weight excluding hydrogens is 238 g/mol. The molecule has 3 N–H and O–H groups in total. The van der Waals surface area contributed by atoms with E-state index in [0.29, 0.717) is 11.6 Å². The van der Waals surface area contributed by atoms with Crippen molar-refractivity contribution in [2.24, 2.45) is 5.73 Å². The van der Waals surface area contributed by atoms with E-state index < -0.39 is 6.16 Å². The molecule has 2 aromatic rings. The van der Waals surface area contributed by atoms with Gasteiger partial charge in [0, 0.05) is 12.1 Å². The summed E-state index contributed by atoms with van der Waals surface area (Å²) in [5, 5.41) is 10.8. The zero-order chi connectivity index (χ0) is 12.3. The largest absolute Gasteiger partial charge is 0.512 e. The number of rotatable bonds is 3. The van der Waals surface area contributed by atoms with Crippen molar-refractivity contribution in [3.05, 3.63) is 41.3 Å². The average molecular weight is 249 g/mol. The molecule has 1 aromatic carbocycles. The van der Waals surface area contributed by atoms with Crippen LogP contribution in [-0.2, 0) is 6.54 Å². The minimum atomic E-state index is -1.31. The molecule has 0 aliphatic rings. The Labute approximate surface area is 102 Å². The smallest absolute Gasteiger partial charge is 0.449 e. The van der Waals surface area contributed by atoms with Crippen molar-refractivity contribution in [3.63, 3.8) is 0 Å². The molecule has 0 aliphatic heterocycles. The maximum absolute atomic E-state index is 10.6. The molecule has 0 amide bonds. The number of thiophene rings is 1. The van der Waals surface area contributed by atoms with Crippen molar-refractivity contribution < 1.29 is 14.6 Å². The Morgan fingerprint density at radius 3 is 2.76 bits per heavy atom. The van der Waals surface area contributed by atoms with Gasteiger partial charge < -0.3 is 15.6 Å². The molecule has 0 saturated carbocycles. The summed E-state index contributed by atoms with van der Waals surface area (Å²) in [6, 6.07) is 9.43. The lowest BCUT2D eigenvalue weighted by molar-refractivity contribution is 0.146. The minimum absolute atomic E-state index is 0.374. The van der Waals surface area contributed by atoms with E-state index in [1.54, 1.807) is 5.38 Å². The van der Waals surface area contributed by atoms with E-state index in [9.17, 15) is 4.79 Å². The zero-order valence-corrected chi connectivity index (χ0v) is 9.74. The number of hydrogen-bond donors (Lipinski definition) is 2. The molecule has 0 atom stereocenters. The predicted molar refractivity (Wildman–Crippen MR) is 66.3 cm³/mol. The van der Waals surface area contributed by atoms with Gasteiger partial charge in [0.05, 0.1) is 0 Å². The normalized spacial score (nSPS) is 10.2. The number of ether oxygens (including phenoxy) is 1. The lowest BCUT2D eigenvalue weighted by Gasteiger charge is -2.07. The third-order valence-corrected chi connectivity index (χ3v) is 3.13. The van der Waals surface area contributed by atoms with Crippen molar-refractivity contribution in [2.45, 2.75) is 6.54 Å². The second kappa shape index (κ2) is 4.99. The maximum atomic E-state index is 10.6. The molecule has 0 spiro atoms. The Morgan fingerprint density at radius 2 is 2.06 bits per heavy atom. The van der Waals surface area contributed by atoms with Crippen molar-refractivity contribution in [2.75, 3.05) is 0 Å². The molecule has 17 heavy (non-hydrogen) atoms.